The van der Waals surface area contributed by atoms with Crippen molar-refractivity contribution >= 4 is 22.0 Å². The third kappa shape index (κ3) is 6.91. The highest BCUT2D eigenvalue weighted by Crippen LogP contribution is 2.44. The fraction of sp³-hybridized carbons (Fsp3) is 0.487. The van der Waals surface area contributed by atoms with Gasteiger partial charge >= 0.3 is 0 Å². The van der Waals surface area contributed by atoms with Gasteiger partial charge in [-0.1, -0.05) is 139 Å². The topological polar surface area (TPSA) is 9.23 Å². The molecular weight excluding hydrogens is 564 g/mol. The molecule has 5 rings (SSSR count). The first-order valence-electron chi connectivity index (χ1n) is 15.2. The van der Waals surface area contributed by atoms with Gasteiger partial charge in [0, 0.05) is 11.6 Å². The van der Waals surface area contributed by atoms with Crippen LogP contribution < -0.4 is 0 Å². The molecular formula is C39H51BrO. The summed E-state index contributed by atoms with van der Waals surface area (Å²) in [7, 11) is 1.81. The molecule has 2 aliphatic carbocycles. The Balaban J connectivity index is 0.000000201. The highest BCUT2D eigenvalue weighted by molar-refractivity contribution is 9.10. The van der Waals surface area contributed by atoms with Crippen molar-refractivity contribution in [1.82, 2.24) is 0 Å². The number of benzene rings is 3. The van der Waals surface area contributed by atoms with Gasteiger partial charge in [0.05, 0.1) is 6.10 Å². The molecule has 2 atom stereocenters. The summed E-state index contributed by atoms with van der Waals surface area (Å²) < 4.78 is 6.89. The van der Waals surface area contributed by atoms with E-state index in [1.807, 2.05) is 7.11 Å². The molecule has 0 heterocycles. The summed E-state index contributed by atoms with van der Waals surface area (Å²) >= 11 is 3.72. The fourth-order valence-corrected chi connectivity index (χ4v) is 6.75. The number of ether oxygens (including phenoxy) is 1. The van der Waals surface area contributed by atoms with Crippen molar-refractivity contribution in [3.63, 3.8) is 0 Å². The van der Waals surface area contributed by atoms with Crippen molar-refractivity contribution in [3.8, 4) is 11.1 Å². The molecule has 0 fully saturated rings. The molecule has 41 heavy (non-hydrogen) atoms. The summed E-state index contributed by atoms with van der Waals surface area (Å²) in [4.78, 5) is 0. The van der Waals surface area contributed by atoms with Gasteiger partial charge < -0.3 is 4.74 Å². The zero-order valence-electron chi connectivity index (χ0n) is 27.6. The lowest BCUT2D eigenvalue weighted by atomic mass is 9.81. The Hall–Kier alpha value is -2.16. The van der Waals surface area contributed by atoms with E-state index in [-0.39, 0.29) is 22.3 Å². The molecule has 0 radical (unpaired) electrons. The Labute approximate surface area is 258 Å². The largest absolute Gasteiger partial charge is 0.376 e. The van der Waals surface area contributed by atoms with Crippen LogP contribution in [0.2, 0.25) is 0 Å². The SMILES string of the molecule is CC1=Cc2cc(C(C)(C)C)cc(-c3ccc(C(C)(C)C)cc3)c2C1.COC1c2cc(C(C)(C)C)cc(Br)c2CC1C. The van der Waals surface area contributed by atoms with Crippen molar-refractivity contribution in [2.45, 2.75) is 111 Å². The van der Waals surface area contributed by atoms with Crippen LogP contribution >= 0.6 is 15.9 Å². The Kier molecular flexibility index (Phi) is 8.91. The number of hydrogen-bond acceptors (Lipinski definition) is 1. The minimum absolute atomic E-state index is 0.166. The predicted octanol–water partition coefficient (Wildman–Crippen LogP) is 11.5. The third-order valence-electron chi connectivity index (χ3n) is 8.77. The van der Waals surface area contributed by atoms with Crippen LogP contribution in [0, 0.1) is 5.92 Å². The number of hydrogen-bond donors (Lipinski definition) is 0. The van der Waals surface area contributed by atoms with Gasteiger partial charge in [-0.2, -0.15) is 0 Å². The average molecular weight is 616 g/mol. The van der Waals surface area contributed by atoms with Gasteiger partial charge in [0.15, 0.2) is 0 Å². The summed E-state index contributed by atoms with van der Waals surface area (Å²) in [6, 6.07) is 18.6. The minimum atomic E-state index is 0.166. The van der Waals surface area contributed by atoms with Gasteiger partial charge in [-0.25, -0.2) is 0 Å². The molecule has 0 aliphatic heterocycles. The lowest BCUT2D eigenvalue weighted by Crippen LogP contribution is -2.12. The monoisotopic (exact) mass is 614 g/mol. The quantitative estimate of drug-likeness (QED) is 0.279. The molecule has 0 bridgehead atoms. The van der Waals surface area contributed by atoms with Crippen LogP contribution in [-0.2, 0) is 33.8 Å². The van der Waals surface area contributed by atoms with Gasteiger partial charge in [0.1, 0.15) is 0 Å². The lowest BCUT2D eigenvalue weighted by Gasteiger charge is -2.23. The standard InChI is InChI=1S/C24H30.C15H21BrO/c1-16-12-18-14-20(24(5,6)7)15-22(21(18)13-16)17-8-10-19(11-9-17)23(2,3)4;1-9-6-11-12(14(9)17-5)7-10(8-13(11)16)15(2,3)4/h8-12,14-15H,13H2,1-7H3;7-9,14H,6H2,1-5H3. The van der Waals surface area contributed by atoms with E-state index in [1.54, 1.807) is 0 Å². The molecule has 0 spiro atoms. The van der Waals surface area contributed by atoms with Crippen molar-refractivity contribution in [2.75, 3.05) is 7.11 Å². The van der Waals surface area contributed by atoms with Crippen LogP contribution in [0.4, 0.5) is 0 Å². The number of fused-ring (bicyclic) bond motifs is 2. The summed E-state index contributed by atoms with van der Waals surface area (Å²) in [5.41, 5.74) is 14.6. The van der Waals surface area contributed by atoms with Gasteiger partial charge in [0.2, 0.25) is 0 Å². The molecule has 2 heteroatoms. The van der Waals surface area contributed by atoms with E-state index >= 15 is 0 Å². The second kappa shape index (κ2) is 11.5. The minimum Gasteiger partial charge on any atom is -0.376 e. The Bertz CT molecular complexity index is 1440. The first-order valence-corrected chi connectivity index (χ1v) is 16.0. The molecule has 0 saturated heterocycles. The zero-order valence-corrected chi connectivity index (χ0v) is 29.1. The maximum absolute atomic E-state index is 5.65. The number of allylic oxidation sites excluding steroid dienone is 1. The molecule has 2 unspecified atom stereocenters. The van der Waals surface area contributed by atoms with Crippen LogP contribution in [0.1, 0.15) is 121 Å². The Morgan fingerprint density at radius 1 is 0.732 bits per heavy atom. The Morgan fingerprint density at radius 2 is 1.29 bits per heavy atom. The van der Waals surface area contributed by atoms with Crippen molar-refractivity contribution < 1.29 is 4.74 Å². The van der Waals surface area contributed by atoms with Crippen molar-refractivity contribution in [3.05, 3.63) is 97.5 Å². The number of halogens is 1. The highest BCUT2D eigenvalue weighted by atomic mass is 79.9. The first-order chi connectivity index (χ1) is 18.9. The van der Waals surface area contributed by atoms with E-state index < -0.39 is 0 Å². The number of rotatable bonds is 2. The summed E-state index contributed by atoms with van der Waals surface area (Å²) in [6.45, 7) is 25.0. The zero-order chi connectivity index (χ0) is 30.5. The van der Waals surface area contributed by atoms with Crippen LogP contribution in [-0.4, -0.2) is 7.11 Å². The van der Waals surface area contributed by atoms with Crippen LogP contribution in [0.5, 0.6) is 0 Å². The molecule has 0 N–H and O–H groups in total. The van der Waals surface area contributed by atoms with Crippen LogP contribution in [0.25, 0.3) is 17.2 Å². The van der Waals surface area contributed by atoms with Gasteiger partial charge in [-0.15, -0.1) is 0 Å². The van der Waals surface area contributed by atoms with Crippen molar-refractivity contribution in [1.29, 1.82) is 0 Å². The van der Waals surface area contributed by atoms with Crippen molar-refractivity contribution in [2.24, 2.45) is 5.92 Å². The first kappa shape index (κ1) is 31.8. The maximum atomic E-state index is 5.65. The number of methoxy groups -OCH3 is 1. The molecule has 1 nitrogen and oxygen atoms in total. The molecule has 0 aromatic heterocycles. The normalized spacial score (nSPS) is 18.4. The molecule has 2 aliphatic rings. The second-order valence-corrected chi connectivity index (χ2v) is 16.3. The van der Waals surface area contributed by atoms with Gasteiger partial charge in [-0.3, -0.25) is 0 Å². The average Bonchev–Trinajstić information content (AvgIpc) is 3.40. The summed E-state index contributed by atoms with van der Waals surface area (Å²) in [5.74, 6) is 0.571. The molecule has 3 aromatic carbocycles. The molecule has 0 saturated carbocycles. The van der Waals surface area contributed by atoms with Crippen LogP contribution in [0.3, 0.4) is 0 Å². The summed E-state index contributed by atoms with van der Waals surface area (Å²) in [5, 5.41) is 0. The van der Waals surface area contributed by atoms with Gasteiger partial charge in [-0.05, 0) is 98.1 Å². The van der Waals surface area contributed by atoms with Crippen LogP contribution in [0.15, 0.2) is 58.6 Å². The van der Waals surface area contributed by atoms with E-state index in [9.17, 15) is 0 Å². The third-order valence-corrected chi connectivity index (χ3v) is 9.48. The highest BCUT2D eigenvalue weighted by Gasteiger charge is 2.32. The van der Waals surface area contributed by atoms with E-state index in [4.69, 9.17) is 4.74 Å². The molecule has 3 aromatic rings. The van der Waals surface area contributed by atoms with E-state index in [1.165, 1.54) is 60.1 Å². The maximum Gasteiger partial charge on any atom is 0.0852 e. The fourth-order valence-electron chi connectivity index (χ4n) is 6.11. The molecule has 0 amide bonds. The Morgan fingerprint density at radius 3 is 1.83 bits per heavy atom. The second-order valence-electron chi connectivity index (χ2n) is 15.4. The smallest absolute Gasteiger partial charge is 0.0852 e. The van der Waals surface area contributed by atoms with E-state index in [0.29, 0.717) is 5.92 Å². The van der Waals surface area contributed by atoms with E-state index in [2.05, 4.69) is 147 Å². The lowest BCUT2D eigenvalue weighted by molar-refractivity contribution is 0.0694. The summed E-state index contributed by atoms with van der Waals surface area (Å²) in [6.07, 6.45) is 4.80. The molecule has 220 valence electrons. The van der Waals surface area contributed by atoms with Gasteiger partial charge in [0.25, 0.3) is 0 Å². The van der Waals surface area contributed by atoms with E-state index in [0.717, 1.165) is 12.8 Å². The predicted molar refractivity (Wildman–Crippen MR) is 182 cm³/mol.